The molecule has 2 heterocycles. The molecule has 0 aliphatic carbocycles. The summed E-state index contributed by atoms with van der Waals surface area (Å²) in [4.78, 5) is 84.8. The van der Waals surface area contributed by atoms with Gasteiger partial charge in [0.2, 0.25) is 0 Å². The molecule has 16 heteroatoms. The number of ether oxygens (including phenoxy) is 1. The van der Waals surface area contributed by atoms with Crippen molar-refractivity contribution < 1.29 is 53.2 Å². The van der Waals surface area contributed by atoms with Crippen molar-refractivity contribution in [3.63, 3.8) is 0 Å². The maximum absolute atomic E-state index is 12.8. The van der Waals surface area contributed by atoms with Crippen molar-refractivity contribution in [3.8, 4) is 0 Å². The molecule has 1 fully saturated rings. The molecule has 16 nitrogen and oxygen atoms in total. The summed E-state index contributed by atoms with van der Waals surface area (Å²) in [7, 11) is 0. The van der Waals surface area contributed by atoms with E-state index < -0.39 is 63.5 Å². The third-order valence-corrected chi connectivity index (χ3v) is 5.66. The molecule has 0 saturated carbocycles. The topological polar surface area (TPSA) is 231 Å². The van der Waals surface area contributed by atoms with Crippen LogP contribution in [0.1, 0.15) is 71.2 Å². The van der Waals surface area contributed by atoms with Crippen LogP contribution in [0.3, 0.4) is 0 Å². The maximum Gasteiger partial charge on any atom is 0.430 e. The van der Waals surface area contributed by atoms with Crippen molar-refractivity contribution in [2.75, 3.05) is 5.01 Å². The zero-order chi connectivity index (χ0) is 30.6. The smallest absolute Gasteiger partial charge is 0.430 e. The van der Waals surface area contributed by atoms with Crippen molar-refractivity contribution in [2.45, 2.75) is 72.4 Å². The van der Waals surface area contributed by atoms with Gasteiger partial charge in [0.05, 0.1) is 24.3 Å². The van der Waals surface area contributed by atoms with Crippen molar-refractivity contribution in [3.05, 3.63) is 23.9 Å². The molecular weight excluding hydrogens is 532 g/mol. The number of anilines is 1. The Morgan fingerprint density at radius 3 is 2.12 bits per heavy atom. The number of hydroxylamine groups is 5. The van der Waals surface area contributed by atoms with Crippen molar-refractivity contribution in [2.24, 2.45) is 22.9 Å². The van der Waals surface area contributed by atoms with E-state index in [0.29, 0.717) is 5.01 Å². The quantitative estimate of drug-likeness (QED) is 0.0892. The third-order valence-electron chi connectivity index (χ3n) is 5.66. The number of carbonyl (C=O) groups is 6. The second-order valence-corrected chi connectivity index (χ2v) is 11.1. The van der Waals surface area contributed by atoms with Crippen LogP contribution < -0.4 is 22.1 Å². The molecular formula is C24H35N6O10+. The minimum atomic E-state index is -2.14. The van der Waals surface area contributed by atoms with Crippen molar-refractivity contribution in [1.29, 1.82) is 0 Å². The van der Waals surface area contributed by atoms with Gasteiger partial charge in [-0.15, -0.1) is 0 Å². The number of imide groups is 1. The molecule has 0 aromatic carbocycles. The van der Waals surface area contributed by atoms with Crippen LogP contribution in [-0.2, 0) is 33.6 Å². The summed E-state index contributed by atoms with van der Waals surface area (Å²) in [5, 5.41) is 10.7. The molecule has 2 rings (SSSR count). The van der Waals surface area contributed by atoms with Gasteiger partial charge in [0.1, 0.15) is 16.5 Å². The zero-order valence-corrected chi connectivity index (χ0v) is 23.1. The van der Waals surface area contributed by atoms with Gasteiger partial charge in [-0.1, -0.05) is 20.8 Å². The van der Waals surface area contributed by atoms with Gasteiger partial charge in [-0.25, -0.2) is 39.6 Å². The summed E-state index contributed by atoms with van der Waals surface area (Å²) < 4.78 is 5.14. The van der Waals surface area contributed by atoms with E-state index in [1.165, 1.54) is 12.1 Å². The van der Waals surface area contributed by atoms with Crippen LogP contribution in [-0.4, -0.2) is 62.4 Å². The first-order valence-corrected chi connectivity index (χ1v) is 12.2. The fourth-order valence-electron chi connectivity index (χ4n) is 3.40. The lowest BCUT2D eigenvalue weighted by Crippen LogP contribution is -2.53. The SMILES string of the molecule is CC(C)(C)OC(=O)N(N)c1ccc(C(=O)NOC(=O)C(C[C@H](N)C(=O)O[N+]2(O)C(=O)CCC2=O)C(C)(C)C)cn1. The summed E-state index contributed by atoms with van der Waals surface area (Å²) in [5.41, 5.74) is 6.16. The standard InChI is InChI=1S/C24H34N6O10/c1-23(2,3)14(11-15(25)21(35)40-30(37)17(31)9-10-18(30)32)20(34)39-28-19(33)13-7-8-16(27-12-13)29(26)22(36)38-24(4,5)6/h7-8,12,14-15,37H,9-11,25-26H2,1-6H3/p+1/t14?,15-/m0/s1. The van der Waals surface area contributed by atoms with Crippen LogP contribution >= 0.6 is 0 Å². The normalized spacial score (nSPS) is 16.5. The largest absolute Gasteiger partial charge is 0.442 e. The van der Waals surface area contributed by atoms with E-state index in [2.05, 4.69) is 9.82 Å². The first kappa shape index (κ1) is 32.2. The molecule has 1 aliphatic heterocycles. The van der Waals surface area contributed by atoms with Gasteiger partial charge in [-0.3, -0.25) is 4.79 Å². The number of aromatic nitrogens is 1. The molecule has 0 spiro atoms. The Kier molecular flexibility index (Phi) is 9.69. The molecule has 0 radical (unpaired) electrons. The highest BCUT2D eigenvalue weighted by molar-refractivity contribution is 5.95. The molecule has 40 heavy (non-hydrogen) atoms. The highest BCUT2D eigenvalue weighted by Crippen LogP contribution is 2.31. The number of pyridine rings is 1. The summed E-state index contributed by atoms with van der Waals surface area (Å²) in [6.45, 7) is 9.94. The maximum atomic E-state index is 12.8. The molecule has 1 aromatic rings. The lowest BCUT2D eigenvalue weighted by atomic mass is 9.77. The average molecular weight is 568 g/mol. The Morgan fingerprint density at radius 2 is 1.65 bits per heavy atom. The van der Waals surface area contributed by atoms with E-state index in [9.17, 15) is 34.0 Å². The van der Waals surface area contributed by atoms with E-state index in [1.54, 1.807) is 41.5 Å². The van der Waals surface area contributed by atoms with E-state index in [-0.39, 0.29) is 30.6 Å². The van der Waals surface area contributed by atoms with Crippen LogP contribution in [0.2, 0.25) is 0 Å². The average Bonchev–Trinajstić information content (AvgIpc) is 3.10. The molecule has 1 saturated heterocycles. The number of carbonyl (C=O) groups excluding carboxylic acids is 6. The first-order chi connectivity index (χ1) is 18.3. The fraction of sp³-hybridized carbons (Fsp3) is 0.542. The molecule has 1 aromatic heterocycles. The Morgan fingerprint density at radius 1 is 1.07 bits per heavy atom. The molecule has 6 N–H and O–H groups in total. The Hall–Kier alpha value is -3.99. The fourth-order valence-corrected chi connectivity index (χ4v) is 3.40. The van der Waals surface area contributed by atoms with Crippen LogP contribution in [0.15, 0.2) is 18.3 Å². The number of hydrazine groups is 1. The molecule has 4 amide bonds. The first-order valence-electron chi connectivity index (χ1n) is 12.2. The highest BCUT2D eigenvalue weighted by atomic mass is 17.0. The molecule has 1 aliphatic rings. The van der Waals surface area contributed by atoms with Gasteiger partial charge in [0, 0.05) is 6.20 Å². The number of nitrogens with zero attached hydrogens (tertiary/aromatic N) is 3. The molecule has 2 atom stereocenters. The van der Waals surface area contributed by atoms with E-state index in [4.69, 9.17) is 21.2 Å². The van der Waals surface area contributed by atoms with Crippen LogP contribution in [0.4, 0.5) is 10.6 Å². The van der Waals surface area contributed by atoms with Crippen molar-refractivity contribution in [1.82, 2.24) is 10.5 Å². The number of hydrogen-bond donors (Lipinski definition) is 4. The molecule has 1 unspecified atom stereocenters. The lowest BCUT2D eigenvalue weighted by Gasteiger charge is -2.30. The second kappa shape index (κ2) is 12.0. The minimum Gasteiger partial charge on any atom is -0.442 e. The van der Waals surface area contributed by atoms with E-state index in [0.717, 1.165) is 6.20 Å². The number of quaternary nitrogens is 1. The Balaban J connectivity index is 2.01. The predicted octanol–water partition coefficient (Wildman–Crippen LogP) is 0.776. The van der Waals surface area contributed by atoms with E-state index >= 15 is 0 Å². The van der Waals surface area contributed by atoms with Gasteiger partial charge < -0.3 is 15.3 Å². The van der Waals surface area contributed by atoms with Gasteiger partial charge in [0.25, 0.3) is 5.91 Å². The monoisotopic (exact) mass is 567 g/mol. The summed E-state index contributed by atoms with van der Waals surface area (Å²) in [5.74, 6) is -0.524. The number of nitrogens with one attached hydrogen (secondary N) is 1. The van der Waals surface area contributed by atoms with Gasteiger partial charge >= 0.3 is 29.8 Å². The number of hydrogen-bond acceptors (Lipinski definition) is 13. The summed E-state index contributed by atoms with van der Waals surface area (Å²) in [6, 6.07) is 1.02. The Labute approximate surface area is 229 Å². The number of rotatable bonds is 7. The zero-order valence-electron chi connectivity index (χ0n) is 23.1. The van der Waals surface area contributed by atoms with Crippen molar-refractivity contribution >= 4 is 41.6 Å². The van der Waals surface area contributed by atoms with E-state index in [1.807, 2.05) is 5.48 Å². The minimum absolute atomic E-state index is 0.0132. The van der Waals surface area contributed by atoms with Gasteiger partial charge in [-0.05, 0) is 44.7 Å². The van der Waals surface area contributed by atoms with Gasteiger partial charge in [-0.2, -0.15) is 15.7 Å². The molecule has 0 bridgehead atoms. The lowest BCUT2D eigenvalue weighted by molar-refractivity contribution is -1.12. The molecule has 220 valence electrons. The third kappa shape index (κ3) is 8.01. The van der Waals surface area contributed by atoms with Gasteiger partial charge in [0.15, 0.2) is 5.82 Å². The Bertz CT molecular complexity index is 1160. The van der Waals surface area contributed by atoms with Crippen LogP contribution in [0.25, 0.3) is 0 Å². The predicted molar refractivity (Wildman–Crippen MR) is 134 cm³/mol. The summed E-state index contributed by atoms with van der Waals surface area (Å²) in [6.07, 6.45) is -0.755. The second-order valence-electron chi connectivity index (χ2n) is 11.1. The number of nitrogens with two attached hydrogens (primary N) is 2. The van der Waals surface area contributed by atoms with Crippen LogP contribution in [0.5, 0.6) is 0 Å². The van der Waals surface area contributed by atoms with Crippen LogP contribution in [0, 0.1) is 11.3 Å². The summed E-state index contributed by atoms with van der Waals surface area (Å²) >= 11 is 0. The number of amides is 4. The highest BCUT2D eigenvalue weighted by Gasteiger charge is 2.56.